The molecule has 3 saturated heterocycles. The summed E-state index contributed by atoms with van der Waals surface area (Å²) in [6.07, 6.45) is 0. The van der Waals surface area contributed by atoms with E-state index in [1.54, 1.807) is 18.2 Å². The van der Waals surface area contributed by atoms with Gasteiger partial charge in [-0.25, -0.2) is 0 Å². The van der Waals surface area contributed by atoms with E-state index in [2.05, 4.69) is 10.2 Å². The van der Waals surface area contributed by atoms with E-state index >= 15 is 0 Å². The molecule has 3 aliphatic heterocycles. The monoisotopic (exact) mass is 314 g/mol. The summed E-state index contributed by atoms with van der Waals surface area (Å²) >= 11 is 11.8. The van der Waals surface area contributed by atoms with Crippen LogP contribution >= 0.6 is 23.2 Å². The SMILES string of the molecule is O=C(C[N+]12CCN(CC1)CC2)Nc1ccc(Cl)c(Cl)c1. The molecule has 20 heavy (non-hydrogen) atoms. The Morgan fingerprint density at radius 1 is 1.15 bits per heavy atom. The number of halogens is 2. The van der Waals surface area contributed by atoms with Gasteiger partial charge in [-0.05, 0) is 18.2 Å². The standard InChI is InChI=1S/C14H17Cl2N3O/c15-12-2-1-11(9-13(12)16)17-14(20)10-19-6-3-18(4-7-19)5-8-19/h1-2,9H,3-8,10H2/p+1. The minimum absolute atomic E-state index is 0.0544. The van der Waals surface area contributed by atoms with Crippen molar-refractivity contribution in [2.75, 3.05) is 51.1 Å². The number of anilines is 1. The van der Waals surface area contributed by atoms with E-state index in [1.807, 2.05) is 0 Å². The smallest absolute Gasteiger partial charge is 0.279 e. The zero-order valence-electron chi connectivity index (χ0n) is 11.2. The molecule has 108 valence electrons. The molecule has 1 N–H and O–H groups in total. The molecule has 3 fully saturated rings. The second kappa shape index (κ2) is 5.53. The lowest BCUT2D eigenvalue weighted by Crippen LogP contribution is -2.68. The van der Waals surface area contributed by atoms with Crippen LogP contribution < -0.4 is 5.32 Å². The normalized spacial score (nSPS) is 28.4. The van der Waals surface area contributed by atoms with Crippen molar-refractivity contribution in [1.82, 2.24) is 4.90 Å². The van der Waals surface area contributed by atoms with Gasteiger partial charge in [0.05, 0.1) is 29.7 Å². The van der Waals surface area contributed by atoms with E-state index in [-0.39, 0.29) is 5.91 Å². The summed E-state index contributed by atoms with van der Waals surface area (Å²) in [6, 6.07) is 5.17. The molecule has 2 bridgehead atoms. The van der Waals surface area contributed by atoms with Crippen molar-refractivity contribution in [2.24, 2.45) is 0 Å². The quantitative estimate of drug-likeness (QED) is 0.866. The molecule has 4 rings (SSSR count). The number of hydrogen-bond donors (Lipinski definition) is 1. The van der Waals surface area contributed by atoms with Crippen molar-refractivity contribution in [1.29, 1.82) is 0 Å². The Labute approximate surface area is 128 Å². The van der Waals surface area contributed by atoms with Gasteiger partial charge in [-0.3, -0.25) is 9.69 Å². The number of amides is 1. The summed E-state index contributed by atoms with van der Waals surface area (Å²) in [5.74, 6) is 0.0544. The Morgan fingerprint density at radius 3 is 2.40 bits per heavy atom. The fourth-order valence-electron chi connectivity index (χ4n) is 3.05. The molecular weight excluding hydrogens is 297 g/mol. The Kier molecular flexibility index (Phi) is 3.91. The van der Waals surface area contributed by atoms with Gasteiger partial charge < -0.3 is 9.80 Å². The predicted octanol–water partition coefficient (Wildman–Crippen LogP) is 2.08. The molecule has 1 aromatic rings. The second-order valence-electron chi connectivity index (χ2n) is 5.69. The lowest BCUT2D eigenvalue weighted by Gasteiger charge is -2.50. The molecule has 4 nitrogen and oxygen atoms in total. The first-order valence-electron chi connectivity index (χ1n) is 6.89. The van der Waals surface area contributed by atoms with Gasteiger partial charge in [0.1, 0.15) is 0 Å². The molecule has 3 aliphatic rings. The largest absolute Gasteiger partial charge is 0.321 e. The molecule has 6 heteroatoms. The molecule has 3 heterocycles. The van der Waals surface area contributed by atoms with Crippen LogP contribution in [0.15, 0.2) is 18.2 Å². The highest BCUT2D eigenvalue weighted by atomic mass is 35.5. The van der Waals surface area contributed by atoms with Gasteiger partial charge in [0, 0.05) is 25.3 Å². The topological polar surface area (TPSA) is 32.3 Å². The molecule has 0 spiro atoms. The van der Waals surface area contributed by atoms with E-state index in [0.717, 1.165) is 43.8 Å². The minimum Gasteiger partial charge on any atom is -0.321 e. The first kappa shape index (κ1) is 14.1. The summed E-state index contributed by atoms with van der Waals surface area (Å²) < 4.78 is 0.920. The number of quaternary nitrogens is 1. The predicted molar refractivity (Wildman–Crippen MR) is 81.3 cm³/mol. The van der Waals surface area contributed by atoms with E-state index in [4.69, 9.17) is 23.2 Å². The van der Waals surface area contributed by atoms with Crippen LogP contribution in [0.2, 0.25) is 10.0 Å². The zero-order valence-corrected chi connectivity index (χ0v) is 12.8. The van der Waals surface area contributed by atoms with Gasteiger partial charge in [-0.1, -0.05) is 23.2 Å². The van der Waals surface area contributed by atoms with E-state index in [0.29, 0.717) is 22.3 Å². The minimum atomic E-state index is 0.0544. The Balaban J connectivity index is 1.63. The molecule has 0 atom stereocenters. The number of piperazine rings is 3. The average molecular weight is 315 g/mol. The van der Waals surface area contributed by atoms with Crippen LogP contribution in [0.4, 0.5) is 5.69 Å². The van der Waals surface area contributed by atoms with Crippen molar-refractivity contribution >= 4 is 34.8 Å². The molecule has 0 radical (unpaired) electrons. The molecular formula is C14H18Cl2N3O+. The molecule has 1 amide bonds. The number of nitrogens with zero attached hydrogens (tertiary/aromatic N) is 2. The number of nitrogens with one attached hydrogen (secondary N) is 1. The zero-order chi connectivity index (χ0) is 14.2. The third-order valence-corrected chi connectivity index (χ3v) is 5.09. The first-order valence-corrected chi connectivity index (χ1v) is 7.64. The van der Waals surface area contributed by atoms with Crippen LogP contribution in [0.25, 0.3) is 0 Å². The maximum atomic E-state index is 12.2. The van der Waals surface area contributed by atoms with Crippen LogP contribution in [0, 0.1) is 0 Å². The van der Waals surface area contributed by atoms with Crippen molar-refractivity contribution < 1.29 is 9.28 Å². The number of benzene rings is 1. The lowest BCUT2D eigenvalue weighted by molar-refractivity contribution is -0.933. The summed E-state index contributed by atoms with van der Waals surface area (Å²) in [6.45, 7) is 7.12. The van der Waals surface area contributed by atoms with Crippen LogP contribution in [0.5, 0.6) is 0 Å². The van der Waals surface area contributed by atoms with Crippen LogP contribution in [0.3, 0.4) is 0 Å². The molecule has 0 saturated carbocycles. The molecule has 0 unspecified atom stereocenters. The summed E-state index contributed by atoms with van der Waals surface area (Å²) in [7, 11) is 0. The van der Waals surface area contributed by atoms with Gasteiger partial charge >= 0.3 is 0 Å². The van der Waals surface area contributed by atoms with Crippen molar-refractivity contribution in [3.05, 3.63) is 28.2 Å². The van der Waals surface area contributed by atoms with Gasteiger partial charge in [0.15, 0.2) is 6.54 Å². The van der Waals surface area contributed by atoms with Crippen LogP contribution in [-0.2, 0) is 4.79 Å². The summed E-state index contributed by atoms with van der Waals surface area (Å²) in [5, 5.41) is 3.88. The number of fused-ring (bicyclic) bond motifs is 3. The van der Waals surface area contributed by atoms with E-state index in [9.17, 15) is 4.79 Å². The third kappa shape index (κ3) is 2.93. The maximum Gasteiger partial charge on any atom is 0.279 e. The third-order valence-electron chi connectivity index (χ3n) is 4.35. The molecule has 1 aromatic carbocycles. The number of rotatable bonds is 3. The van der Waals surface area contributed by atoms with Crippen molar-refractivity contribution in [3.63, 3.8) is 0 Å². The second-order valence-corrected chi connectivity index (χ2v) is 6.50. The van der Waals surface area contributed by atoms with Crippen LogP contribution in [-0.4, -0.2) is 61.1 Å². The first-order chi connectivity index (χ1) is 9.56. The highest BCUT2D eigenvalue weighted by molar-refractivity contribution is 6.42. The number of carbonyl (C=O) groups is 1. The van der Waals surface area contributed by atoms with E-state index < -0.39 is 0 Å². The summed E-state index contributed by atoms with van der Waals surface area (Å²) in [4.78, 5) is 14.7. The van der Waals surface area contributed by atoms with Crippen molar-refractivity contribution in [3.8, 4) is 0 Å². The summed E-state index contributed by atoms with van der Waals surface area (Å²) in [5.41, 5.74) is 0.707. The van der Waals surface area contributed by atoms with E-state index in [1.165, 1.54) is 0 Å². The highest BCUT2D eigenvalue weighted by Crippen LogP contribution is 2.25. The van der Waals surface area contributed by atoms with Crippen LogP contribution in [0.1, 0.15) is 0 Å². The lowest BCUT2D eigenvalue weighted by atomic mass is 10.1. The van der Waals surface area contributed by atoms with Crippen molar-refractivity contribution in [2.45, 2.75) is 0 Å². The van der Waals surface area contributed by atoms with Gasteiger partial charge in [-0.15, -0.1) is 0 Å². The molecule has 0 aliphatic carbocycles. The maximum absolute atomic E-state index is 12.2. The highest BCUT2D eigenvalue weighted by Gasteiger charge is 2.39. The fourth-order valence-corrected chi connectivity index (χ4v) is 3.35. The Hall–Kier alpha value is -0.810. The Morgan fingerprint density at radius 2 is 1.80 bits per heavy atom. The number of carbonyl (C=O) groups excluding carboxylic acids is 1. The van der Waals surface area contributed by atoms with Gasteiger partial charge in [-0.2, -0.15) is 0 Å². The Bertz CT molecular complexity index is 513. The average Bonchev–Trinajstić information content (AvgIpc) is 2.44. The van der Waals surface area contributed by atoms with Gasteiger partial charge in [0.25, 0.3) is 5.91 Å². The number of hydrogen-bond acceptors (Lipinski definition) is 2. The fraction of sp³-hybridized carbons (Fsp3) is 0.500. The van der Waals surface area contributed by atoms with Gasteiger partial charge in [0.2, 0.25) is 0 Å². The molecule has 0 aromatic heterocycles.